The van der Waals surface area contributed by atoms with Crippen molar-refractivity contribution in [2.24, 2.45) is 0 Å². The van der Waals surface area contributed by atoms with Gasteiger partial charge in [-0.05, 0) is 35.6 Å². The average molecular weight is 477 g/mol. The Morgan fingerprint density at radius 3 is 2.31 bits per heavy atom. The molecule has 4 rings (SSSR count). The van der Waals surface area contributed by atoms with Gasteiger partial charge < -0.3 is 15.2 Å². The smallest absolute Gasteiger partial charge is 0.411 e. The summed E-state index contributed by atoms with van der Waals surface area (Å²) in [7, 11) is 0. The summed E-state index contributed by atoms with van der Waals surface area (Å²) in [6.45, 7) is 3.33. The van der Waals surface area contributed by atoms with Crippen LogP contribution in [0.4, 0.5) is 10.5 Å². The summed E-state index contributed by atoms with van der Waals surface area (Å²) in [5.41, 5.74) is 3.56. The van der Waals surface area contributed by atoms with Crippen molar-refractivity contribution in [2.45, 2.75) is 44.7 Å². The lowest BCUT2D eigenvalue weighted by Gasteiger charge is -2.25. The SMILES string of the molecule is CCCC(C)(NC(=O)Cn1cc(NC(=O)OCC2c3ccccc3-c3ccccc32)cn1)C(=O)O. The van der Waals surface area contributed by atoms with Crippen molar-refractivity contribution in [1.29, 1.82) is 0 Å². The highest BCUT2D eigenvalue weighted by molar-refractivity contribution is 5.87. The number of carbonyl (C=O) groups is 3. The van der Waals surface area contributed by atoms with Crippen molar-refractivity contribution < 1.29 is 24.2 Å². The van der Waals surface area contributed by atoms with Gasteiger partial charge in [0.05, 0.1) is 11.9 Å². The minimum atomic E-state index is -1.35. The van der Waals surface area contributed by atoms with Crippen LogP contribution in [0.5, 0.6) is 0 Å². The number of carbonyl (C=O) groups excluding carboxylic acids is 2. The average Bonchev–Trinajstić information content (AvgIpc) is 3.39. The summed E-state index contributed by atoms with van der Waals surface area (Å²) in [6.07, 6.45) is 3.17. The van der Waals surface area contributed by atoms with E-state index >= 15 is 0 Å². The van der Waals surface area contributed by atoms with Crippen LogP contribution in [0.2, 0.25) is 0 Å². The molecule has 1 aromatic heterocycles. The van der Waals surface area contributed by atoms with Crippen LogP contribution in [0.25, 0.3) is 11.1 Å². The number of nitrogens with zero attached hydrogens (tertiary/aromatic N) is 2. The molecule has 9 nitrogen and oxygen atoms in total. The first-order valence-corrected chi connectivity index (χ1v) is 11.5. The van der Waals surface area contributed by atoms with Crippen LogP contribution in [0.3, 0.4) is 0 Å². The third-order valence-electron chi connectivity index (χ3n) is 6.17. The molecule has 9 heteroatoms. The fourth-order valence-electron chi connectivity index (χ4n) is 4.48. The molecule has 2 aromatic carbocycles. The molecule has 0 radical (unpaired) electrons. The number of nitrogens with one attached hydrogen (secondary N) is 2. The van der Waals surface area contributed by atoms with Crippen molar-refractivity contribution in [3.63, 3.8) is 0 Å². The van der Waals surface area contributed by atoms with Gasteiger partial charge in [-0.3, -0.25) is 14.8 Å². The summed E-state index contributed by atoms with van der Waals surface area (Å²) in [6, 6.07) is 16.2. The summed E-state index contributed by atoms with van der Waals surface area (Å²) < 4.78 is 6.84. The molecule has 3 aromatic rings. The summed E-state index contributed by atoms with van der Waals surface area (Å²) in [4.78, 5) is 36.3. The number of anilines is 1. The zero-order chi connectivity index (χ0) is 25.0. The standard InChI is InChI=1S/C26H28N4O5/c1-3-12-26(2,24(32)33)29-23(31)15-30-14-17(13-27-30)28-25(34)35-16-22-20-10-6-4-8-18(20)19-9-5-7-11-21(19)22/h4-11,13-14,22H,3,12,15-16H2,1-2H3,(H,28,34)(H,29,31)(H,32,33). The number of aliphatic carboxylic acids is 1. The normalized spacial score (nSPS) is 13.9. The van der Waals surface area contributed by atoms with Gasteiger partial charge in [0.25, 0.3) is 0 Å². The number of carboxylic acid groups (broad SMARTS) is 1. The minimum absolute atomic E-state index is 0.0498. The third kappa shape index (κ3) is 5.18. The first-order valence-electron chi connectivity index (χ1n) is 11.5. The van der Waals surface area contributed by atoms with Gasteiger partial charge in [-0.25, -0.2) is 9.59 Å². The molecular weight excluding hydrogens is 448 g/mol. The second-order valence-electron chi connectivity index (χ2n) is 8.81. The Hall–Kier alpha value is -4.14. The fraction of sp³-hybridized carbons (Fsp3) is 0.308. The molecular formula is C26H28N4O5. The van der Waals surface area contributed by atoms with Gasteiger partial charge >= 0.3 is 12.1 Å². The molecule has 182 valence electrons. The number of fused-ring (bicyclic) bond motifs is 3. The van der Waals surface area contributed by atoms with E-state index in [4.69, 9.17) is 4.74 Å². The van der Waals surface area contributed by atoms with Gasteiger partial charge in [-0.2, -0.15) is 5.10 Å². The van der Waals surface area contributed by atoms with Crippen molar-refractivity contribution in [1.82, 2.24) is 15.1 Å². The molecule has 0 aliphatic heterocycles. The van der Waals surface area contributed by atoms with E-state index in [1.165, 1.54) is 24.0 Å². The number of ether oxygens (including phenoxy) is 1. The highest BCUT2D eigenvalue weighted by Gasteiger charge is 2.34. The highest BCUT2D eigenvalue weighted by atomic mass is 16.5. The van der Waals surface area contributed by atoms with Crippen molar-refractivity contribution in [2.75, 3.05) is 11.9 Å². The van der Waals surface area contributed by atoms with Crippen LogP contribution in [0, 0.1) is 0 Å². The van der Waals surface area contributed by atoms with E-state index in [9.17, 15) is 19.5 Å². The Bertz CT molecular complexity index is 1210. The molecule has 0 saturated heterocycles. The molecule has 1 unspecified atom stereocenters. The number of hydrogen-bond acceptors (Lipinski definition) is 5. The number of rotatable bonds is 9. The van der Waals surface area contributed by atoms with E-state index in [0.29, 0.717) is 18.5 Å². The van der Waals surface area contributed by atoms with Gasteiger partial charge in [-0.1, -0.05) is 61.9 Å². The lowest BCUT2D eigenvalue weighted by atomic mass is 9.96. The summed E-state index contributed by atoms with van der Waals surface area (Å²) in [5, 5.41) is 18.7. The number of amides is 2. The van der Waals surface area contributed by atoms with Crippen LogP contribution >= 0.6 is 0 Å². The summed E-state index contributed by atoms with van der Waals surface area (Å²) in [5.74, 6) is -1.63. The number of carboxylic acids is 1. The van der Waals surface area contributed by atoms with Gasteiger partial charge in [-0.15, -0.1) is 0 Å². The maximum atomic E-state index is 12.4. The molecule has 35 heavy (non-hydrogen) atoms. The van der Waals surface area contributed by atoms with Crippen LogP contribution in [0.15, 0.2) is 60.9 Å². The first-order chi connectivity index (χ1) is 16.8. The van der Waals surface area contributed by atoms with Crippen molar-refractivity contribution >= 4 is 23.7 Å². The monoisotopic (exact) mass is 476 g/mol. The maximum absolute atomic E-state index is 12.4. The first kappa shape index (κ1) is 24.0. The molecule has 0 spiro atoms. The second-order valence-corrected chi connectivity index (χ2v) is 8.81. The van der Waals surface area contributed by atoms with Gasteiger partial charge in [0.15, 0.2) is 0 Å². The van der Waals surface area contributed by atoms with Crippen LogP contribution in [0.1, 0.15) is 43.7 Å². The van der Waals surface area contributed by atoms with Gasteiger partial charge in [0.2, 0.25) is 5.91 Å². The molecule has 0 fully saturated rings. The molecule has 1 atom stereocenters. The fourth-order valence-corrected chi connectivity index (χ4v) is 4.48. The van der Waals surface area contributed by atoms with Crippen molar-refractivity contribution in [3.8, 4) is 11.1 Å². The predicted octanol–water partition coefficient (Wildman–Crippen LogP) is 4.00. The molecule has 0 bridgehead atoms. The summed E-state index contributed by atoms with van der Waals surface area (Å²) >= 11 is 0. The van der Waals surface area contributed by atoms with E-state index in [2.05, 4.69) is 27.9 Å². The molecule has 2 amide bonds. The van der Waals surface area contributed by atoms with E-state index in [-0.39, 0.29) is 19.1 Å². The Balaban J connectivity index is 1.33. The Kier molecular flexibility index (Phi) is 6.86. The zero-order valence-corrected chi connectivity index (χ0v) is 19.7. The zero-order valence-electron chi connectivity index (χ0n) is 19.7. The Labute approximate surface area is 203 Å². The van der Waals surface area contributed by atoms with Crippen LogP contribution in [-0.4, -0.2) is 45.0 Å². The van der Waals surface area contributed by atoms with Crippen LogP contribution < -0.4 is 10.6 Å². The Morgan fingerprint density at radius 2 is 1.71 bits per heavy atom. The molecule has 1 heterocycles. The molecule has 0 saturated carbocycles. The molecule has 1 aliphatic rings. The van der Waals surface area contributed by atoms with Crippen LogP contribution in [-0.2, 0) is 20.9 Å². The predicted molar refractivity (Wildman–Crippen MR) is 130 cm³/mol. The number of hydrogen-bond donors (Lipinski definition) is 3. The molecule has 3 N–H and O–H groups in total. The van der Waals surface area contributed by atoms with Gasteiger partial charge in [0.1, 0.15) is 18.7 Å². The minimum Gasteiger partial charge on any atom is -0.480 e. The largest absolute Gasteiger partial charge is 0.480 e. The number of benzene rings is 2. The van der Waals surface area contributed by atoms with E-state index in [1.54, 1.807) is 0 Å². The lowest BCUT2D eigenvalue weighted by Crippen LogP contribution is -2.52. The van der Waals surface area contributed by atoms with Gasteiger partial charge in [0, 0.05) is 12.1 Å². The Morgan fingerprint density at radius 1 is 1.09 bits per heavy atom. The second kappa shape index (κ2) is 10.0. The quantitative estimate of drug-likeness (QED) is 0.429. The maximum Gasteiger partial charge on any atom is 0.411 e. The third-order valence-corrected chi connectivity index (χ3v) is 6.17. The lowest BCUT2D eigenvalue weighted by molar-refractivity contribution is -0.147. The highest BCUT2D eigenvalue weighted by Crippen LogP contribution is 2.44. The van der Waals surface area contributed by atoms with E-state index in [0.717, 1.165) is 22.3 Å². The molecule has 1 aliphatic carbocycles. The van der Waals surface area contributed by atoms with E-state index < -0.39 is 23.5 Å². The van der Waals surface area contributed by atoms with E-state index in [1.807, 2.05) is 43.3 Å². The topological polar surface area (TPSA) is 123 Å². The van der Waals surface area contributed by atoms with Crippen molar-refractivity contribution in [3.05, 3.63) is 72.1 Å². The number of aromatic nitrogens is 2.